The lowest BCUT2D eigenvalue weighted by molar-refractivity contribution is -0.274. The second-order valence-corrected chi connectivity index (χ2v) is 8.02. The summed E-state index contributed by atoms with van der Waals surface area (Å²) >= 11 is 0. The Balaban J connectivity index is 1.56. The molecular formula is C19H23F3N2O3. The molecule has 2 bridgehead atoms. The Morgan fingerprint density at radius 2 is 2.11 bits per heavy atom. The Kier molecular flexibility index (Phi) is 4.38. The van der Waals surface area contributed by atoms with Crippen LogP contribution in [0, 0.1) is 11.8 Å². The Bertz CT molecular complexity index is 739. The highest BCUT2D eigenvalue weighted by Crippen LogP contribution is 2.55. The maximum absolute atomic E-state index is 13.0. The smallest absolute Gasteiger partial charge is 0.405 e. The van der Waals surface area contributed by atoms with Crippen LogP contribution in [0.4, 0.5) is 13.2 Å². The summed E-state index contributed by atoms with van der Waals surface area (Å²) in [5.74, 6) is -0.333. The van der Waals surface area contributed by atoms with Gasteiger partial charge in [0, 0.05) is 24.9 Å². The number of amides is 1. The predicted molar refractivity (Wildman–Crippen MR) is 91.4 cm³/mol. The lowest BCUT2D eigenvalue weighted by atomic mass is 9.73. The monoisotopic (exact) mass is 384 g/mol. The van der Waals surface area contributed by atoms with E-state index in [-0.39, 0.29) is 23.2 Å². The first-order valence-electron chi connectivity index (χ1n) is 9.15. The Labute approximate surface area is 156 Å². The number of hydrogen-bond acceptors (Lipinski definition) is 4. The van der Waals surface area contributed by atoms with Crippen LogP contribution in [0.15, 0.2) is 24.3 Å². The fraction of sp³-hybridized carbons (Fsp3) is 0.632. The molecule has 3 aliphatic heterocycles. The number of benzene rings is 1. The van der Waals surface area contributed by atoms with E-state index in [1.807, 2.05) is 14.1 Å². The number of nitrogens with zero attached hydrogens (tertiary/aromatic N) is 2. The number of alkyl halides is 3. The summed E-state index contributed by atoms with van der Waals surface area (Å²) < 4.78 is 48.4. The largest absolute Gasteiger partial charge is 0.573 e. The molecule has 4 atom stereocenters. The van der Waals surface area contributed by atoms with Crippen molar-refractivity contribution >= 4 is 5.91 Å². The van der Waals surface area contributed by atoms with Gasteiger partial charge in [-0.25, -0.2) is 0 Å². The molecule has 3 saturated heterocycles. The van der Waals surface area contributed by atoms with Gasteiger partial charge in [0.25, 0.3) is 5.91 Å². The van der Waals surface area contributed by atoms with Crippen LogP contribution in [0.1, 0.15) is 23.2 Å². The number of carbonyl (C=O) groups is 1. The molecular weight excluding hydrogens is 361 g/mol. The van der Waals surface area contributed by atoms with Gasteiger partial charge in [-0.05, 0) is 39.1 Å². The minimum Gasteiger partial charge on any atom is -0.405 e. The molecule has 0 aromatic heterocycles. The average molecular weight is 384 g/mol. The van der Waals surface area contributed by atoms with E-state index >= 15 is 0 Å². The quantitative estimate of drug-likeness (QED) is 0.801. The summed E-state index contributed by atoms with van der Waals surface area (Å²) in [7, 11) is 4.03. The first-order valence-corrected chi connectivity index (χ1v) is 9.15. The van der Waals surface area contributed by atoms with Crippen molar-refractivity contribution in [1.82, 2.24) is 9.80 Å². The molecule has 27 heavy (non-hydrogen) atoms. The molecule has 3 aliphatic rings. The van der Waals surface area contributed by atoms with Crippen molar-refractivity contribution in [3.05, 3.63) is 29.8 Å². The van der Waals surface area contributed by atoms with Crippen LogP contribution in [-0.4, -0.2) is 67.5 Å². The second kappa shape index (κ2) is 6.38. The Morgan fingerprint density at radius 3 is 2.81 bits per heavy atom. The molecule has 1 amide bonds. The van der Waals surface area contributed by atoms with Gasteiger partial charge < -0.3 is 19.3 Å². The zero-order valence-electron chi connectivity index (χ0n) is 15.3. The molecule has 0 saturated carbocycles. The SMILES string of the molecule is CN(C)C[C@H]1[C@@H]2CC[C@@]3(CN(C(=O)c4ccccc4OC(F)(F)F)C[C@@H]13)O2. The molecule has 1 aromatic rings. The van der Waals surface area contributed by atoms with Crippen molar-refractivity contribution in [1.29, 1.82) is 0 Å². The van der Waals surface area contributed by atoms with Gasteiger partial charge in [0.1, 0.15) is 5.75 Å². The van der Waals surface area contributed by atoms with E-state index in [1.54, 1.807) is 11.0 Å². The molecule has 3 fully saturated rings. The maximum Gasteiger partial charge on any atom is 0.573 e. The van der Waals surface area contributed by atoms with E-state index in [4.69, 9.17) is 4.74 Å². The summed E-state index contributed by atoms with van der Waals surface area (Å²) in [5.41, 5.74) is -0.411. The summed E-state index contributed by atoms with van der Waals surface area (Å²) in [6.45, 7) is 1.82. The number of rotatable bonds is 4. The molecule has 0 N–H and O–H groups in total. The third-order valence-electron chi connectivity index (χ3n) is 5.99. The number of ether oxygens (including phenoxy) is 2. The van der Waals surface area contributed by atoms with E-state index in [0.717, 1.165) is 19.4 Å². The van der Waals surface area contributed by atoms with Crippen LogP contribution in [0.3, 0.4) is 0 Å². The van der Waals surface area contributed by atoms with Crippen LogP contribution in [0.5, 0.6) is 5.75 Å². The van der Waals surface area contributed by atoms with E-state index < -0.39 is 18.0 Å². The van der Waals surface area contributed by atoms with Gasteiger partial charge in [-0.1, -0.05) is 12.1 Å². The topological polar surface area (TPSA) is 42.0 Å². The van der Waals surface area contributed by atoms with Crippen LogP contribution in [0.25, 0.3) is 0 Å². The van der Waals surface area contributed by atoms with Crippen molar-refractivity contribution in [3.8, 4) is 5.75 Å². The fourth-order valence-electron chi connectivity index (χ4n) is 5.04. The van der Waals surface area contributed by atoms with Gasteiger partial charge in [0.2, 0.25) is 0 Å². The van der Waals surface area contributed by atoms with E-state index in [0.29, 0.717) is 19.0 Å². The number of likely N-dealkylation sites (tertiary alicyclic amines) is 1. The van der Waals surface area contributed by atoms with Crippen molar-refractivity contribution < 1.29 is 27.4 Å². The summed E-state index contributed by atoms with van der Waals surface area (Å²) in [6, 6.07) is 5.52. The van der Waals surface area contributed by atoms with Gasteiger partial charge in [0.15, 0.2) is 0 Å². The van der Waals surface area contributed by atoms with Crippen molar-refractivity contribution in [2.24, 2.45) is 11.8 Å². The maximum atomic E-state index is 13.0. The van der Waals surface area contributed by atoms with Crippen LogP contribution in [-0.2, 0) is 4.74 Å². The number of halogens is 3. The number of para-hydroxylation sites is 1. The van der Waals surface area contributed by atoms with Crippen molar-refractivity contribution in [2.45, 2.75) is 30.9 Å². The number of fused-ring (bicyclic) bond motifs is 1. The molecule has 8 heteroatoms. The van der Waals surface area contributed by atoms with Crippen molar-refractivity contribution in [2.75, 3.05) is 33.7 Å². The number of carbonyl (C=O) groups excluding carboxylic acids is 1. The minimum atomic E-state index is -4.84. The third kappa shape index (κ3) is 3.29. The molecule has 5 nitrogen and oxygen atoms in total. The van der Waals surface area contributed by atoms with Crippen LogP contribution in [0.2, 0.25) is 0 Å². The normalized spacial score (nSPS) is 32.2. The molecule has 1 spiro atoms. The average Bonchev–Trinajstić information content (AvgIpc) is 3.22. The first kappa shape index (κ1) is 18.6. The fourth-order valence-corrected chi connectivity index (χ4v) is 5.04. The highest BCUT2D eigenvalue weighted by Gasteiger charge is 2.63. The molecule has 3 heterocycles. The first-order chi connectivity index (χ1) is 12.7. The van der Waals surface area contributed by atoms with E-state index in [2.05, 4.69) is 9.64 Å². The van der Waals surface area contributed by atoms with Crippen molar-refractivity contribution in [3.63, 3.8) is 0 Å². The predicted octanol–water partition coefficient (Wildman–Crippen LogP) is 2.77. The van der Waals surface area contributed by atoms with Gasteiger partial charge >= 0.3 is 6.36 Å². The third-order valence-corrected chi connectivity index (χ3v) is 5.99. The van der Waals surface area contributed by atoms with Gasteiger partial charge in [-0.3, -0.25) is 4.79 Å². The Morgan fingerprint density at radius 1 is 1.37 bits per heavy atom. The van der Waals surface area contributed by atoms with Gasteiger partial charge in [0.05, 0.1) is 23.8 Å². The minimum absolute atomic E-state index is 0.0649. The van der Waals surface area contributed by atoms with Crippen LogP contribution >= 0.6 is 0 Å². The highest BCUT2D eigenvalue weighted by molar-refractivity contribution is 5.97. The number of hydrogen-bond donors (Lipinski definition) is 0. The lowest BCUT2D eigenvalue weighted by Gasteiger charge is -2.30. The molecule has 0 radical (unpaired) electrons. The highest BCUT2D eigenvalue weighted by atomic mass is 19.4. The molecule has 1 aromatic carbocycles. The van der Waals surface area contributed by atoms with E-state index in [1.165, 1.54) is 18.2 Å². The lowest BCUT2D eigenvalue weighted by Crippen LogP contribution is -2.40. The van der Waals surface area contributed by atoms with E-state index in [9.17, 15) is 18.0 Å². The summed E-state index contributed by atoms with van der Waals surface area (Å²) in [4.78, 5) is 16.8. The van der Waals surface area contributed by atoms with Crippen LogP contribution < -0.4 is 4.74 Å². The molecule has 0 aliphatic carbocycles. The second-order valence-electron chi connectivity index (χ2n) is 8.02. The summed E-state index contributed by atoms with van der Waals surface area (Å²) in [5, 5.41) is 0. The molecule has 4 rings (SSSR count). The van der Waals surface area contributed by atoms with Gasteiger partial charge in [-0.15, -0.1) is 13.2 Å². The summed E-state index contributed by atoms with van der Waals surface area (Å²) in [6.07, 6.45) is -2.74. The zero-order valence-corrected chi connectivity index (χ0v) is 15.3. The molecule has 0 unspecified atom stereocenters. The Hall–Kier alpha value is -1.80. The zero-order chi connectivity index (χ0) is 19.4. The molecule has 148 valence electrons. The van der Waals surface area contributed by atoms with Gasteiger partial charge in [-0.2, -0.15) is 0 Å². The standard InChI is InChI=1S/C19H23F3N2O3/c1-23(2)9-13-14-10-24(11-18(14)8-7-16(13)26-18)17(25)12-5-3-4-6-15(12)27-19(20,21)22/h3-6,13-14,16H,7-11H2,1-2H3/t13-,14+,16+,18+/m1/s1.